The first-order valence-corrected chi connectivity index (χ1v) is 12.5. The van der Waals surface area contributed by atoms with E-state index in [-0.39, 0.29) is 17.2 Å². The van der Waals surface area contributed by atoms with Gasteiger partial charge >= 0.3 is 0 Å². The molecule has 5 aromatic rings. The van der Waals surface area contributed by atoms with Crippen LogP contribution in [0.25, 0.3) is 27.6 Å². The van der Waals surface area contributed by atoms with Crippen molar-refractivity contribution < 1.29 is 4.79 Å². The van der Waals surface area contributed by atoms with E-state index in [0.29, 0.717) is 31.9 Å². The summed E-state index contributed by atoms with van der Waals surface area (Å²) in [6.07, 6.45) is 0. The molecular formula is C26H20Cl2N4O2S. The second-order valence-corrected chi connectivity index (χ2v) is 9.94. The Hall–Kier alpha value is -3.26. The number of benzene rings is 3. The molecule has 0 saturated heterocycles. The average Bonchev–Trinajstić information content (AvgIpc) is 3.21. The lowest BCUT2D eigenvalue weighted by molar-refractivity contribution is -0.113. The third-order valence-electron chi connectivity index (χ3n) is 5.64. The summed E-state index contributed by atoms with van der Waals surface area (Å²) in [7, 11) is 0. The maximum atomic E-state index is 13.7. The molecule has 2 aromatic heterocycles. The van der Waals surface area contributed by atoms with Crippen molar-refractivity contribution >= 4 is 68.5 Å². The number of rotatable bonds is 5. The molecule has 0 spiro atoms. The Labute approximate surface area is 215 Å². The number of aromatic amines is 1. The van der Waals surface area contributed by atoms with Crippen molar-refractivity contribution in [2.45, 2.75) is 19.0 Å². The van der Waals surface area contributed by atoms with Crippen LogP contribution in [0.2, 0.25) is 10.0 Å². The van der Waals surface area contributed by atoms with E-state index in [2.05, 4.69) is 10.3 Å². The Morgan fingerprint density at radius 2 is 1.86 bits per heavy atom. The molecule has 9 heteroatoms. The molecule has 0 unspecified atom stereocenters. The number of thioether (sulfide) groups is 1. The quantitative estimate of drug-likeness (QED) is 0.203. The second-order valence-electron chi connectivity index (χ2n) is 8.18. The number of hydrogen-bond acceptors (Lipinski definition) is 4. The van der Waals surface area contributed by atoms with Crippen molar-refractivity contribution in [1.29, 1.82) is 0 Å². The number of H-pyrrole nitrogens is 1. The number of nitrogens with zero attached hydrogens (tertiary/aromatic N) is 2. The number of nitrogens with one attached hydrogen (secondary N) is 2. The van der Waals surface area contributed by atoms with Gasteiger partial charge in [-0.1, -0.05) is 65.3 Å². The fourth-order valence-electron chi connectivity index (χ4n) is 3.91. The first kappa shape index (κ1) is 23.5. The van der Waals surface area contributed by atoms with Crippen molar-refractivity contribution in [3.05, 3.63) is 92.2 Å². The van der Waals surface area contributed by atoms with Gasteiger partial charge in [0.1, 0.15) is 11.0 Å². The highest BCUT2D eigenvalue weighted by molar-refractivity contribution is 7.99. The smallest absolute Gasteiger partial charge is 0.283 e. The van der Waals surface area contributed by atoms with Crippen molar-refractivity contribution in [3.63, 3.8) is 0 Å². The lowest BCUT2D eigenvalue weighted by Crippen LogP contribution is -2.23. The van der Waals surface area contributed by atoms with Crippen molar-refractivity contribution in [2.75, 3.05) is 11.1 Å². The van der Waals surface area contributed by atoms with E-state index in [1.165, 1.54) is 11.8 Å². The fraction of sp³-hybridized carbons (Fsp3) is 0.115. The molecular weight excluding hydrogens is 503 g/mol. The van der Waals surface area contributed by atoms with Gasteiger partial charge in [-0.3, -0.25) is 14.2 Å². The molecule has 0 fully saturated rings. The van der Waals surface area contributed by atoms with Crippen LogP contribution in [0.3, 0.4) is 0 Å². The molecule has 35 heavy (non-hydrogen) atoms. The number of halogens is 2. The van der Waals surface area contributed by atoms with Crippen molar-refractivity contribution in [2.24, 2.45) is 0 Å². The molecule has 2 heterocycles. The van der Waals surface area contributed by atoms with E-state index in [0.717, 1.165) is 27.7 Å². The van der Waals surface area contributed by atoms with Gasteiger partial charge in [0, 0.05) is 16.6 Å². The number of aryl methyl sites for hydroxylation is 2. The molecule has 0 bridgehead atoms. The van der Waals surface area contributed by atoms with Crippen LogP contribution in [0.1, 0.15) is 11.1 Å². The van der Waals surface area contributed by atoms with E-state index in [9.17, 15) is 9.59 Å². The largest absolute Gasteiger partial charge is 0.349 e. The maximum absolute atomic E-state index is 13.7. The molecule has 0 saturated carbocycles. The Morgan fingerprint density at radius 1 is 1.06 bits per heavy atom. The summed E-state index contributed by atoms with van der Waals surface area (Å²) in [5.74, 6) is -0.208. The van der Waals surface area contributed by atoms with E-state index < -0.39 is 0 Å². The molecule has 3 aromatic carbocycles. The van der Waals surface area contributed by atoms with Gasteiger partial charge in [-0.2, -0.15) is 0 Å². The minimum atomic E-state index is -0.255. The van der Waals surface area contributed by atoms with Crippen LogP contribution < -0.4 is 10.9 Å². The lowest BCUT2D eigenvalue weighted by atomic mass is 10.1. The van der Waals surface area contributed by atoms with Crippen LogP contribution in [-0.4, -0.2) is 26.2 Å². The SMILES string of the molecule is Cc1ccc(C)c(-n2c(SCC(=O)Nc3ccc(Cl)c(Cl)c3)nc3c([nH]c4ccccc43)c2=O)c1. The van der Waals surface area contributed by atoms with Gasteiger partial charge in [-0.15, -0.1) is 0 Å². The Bertz CT molecular complexity index is 1680. The average molecular weight is 523 g/mol. The van der Waals surface area contributed by atoms with Crippen LogP contribution in [0.5, 0.6) is 0 Å². The highest BCUT2D eigenvalue weighted by atomic mass is 35.5. The molecule has 6 nitrogen and oxygen atoms in total. The van der Waals surface area contributed by atoms with Gasteiger partial charge in [0.05, 0.1) is 21.5 Å². The zero-order valence-electron chi connectivity index (χ0n) is 18.9. The molecule has 0 aliphatic rings. The summed E-state index contributed by atoms with van der Waals surface area (Å²) >= 11 is 13.2. The highest BCUT2D eigenvalue weighted by Crippen LogP contribution is 2.28. The fourth-order valence-corrected chi connectivity index (χ4v) is 5.01. The molecule has 0 atom stereocenters. The molecule has 2 N–H and O–H groups in total. The summed E-state index contributed by atoms with van der Waals surface area (Å²) < 4.78 is 1.58. The van der Waals surface area contributed by atoms with E-state index in [4.69, 9.17) is 28.2 Å². The van der Waals surface area contributed by atoms with Gasteiger partial charge < -0.3 is 10.3 Å². The van der Waals surface area contributed by atoms with Gasteiger partial charge in [0.15, 0.2) is 5.16 Å². The summed E-state index contributed by atoms with van der Waals surface area (Å²) in [6.45, 7) is 3.92. The lowest BCUT2D eigenvalue weighted by Gasteiger charge is -2.15. The standard InChI is InChI=1S/C26H20Cl2N4O2S/c1-14-7-8-15(2)21(11-14)32-25(34)24-23(17-5-3-4-6-20(17)30-24)31-26(32)35-13-22(33)29-16-9-10-18(27)19(28)12-16/h3-12,30H,13H2,1-2H3,(H,29,33). The van der Waals surface area contributed by atoms with Gasteiger partial charge in [-0.25, -0.2) is 4.98 Å². The summed E-state index contributed by atoms with van der Waals surface area (Å²) in [5, 5.41) is 4.87. The zero-order chi connectivity index (χ0) is 24.7. The van der Waals surface area contributed by atoms with Crippen LogP contribution >= 0.6 is 35.0 Å². The zero-order valence-corrected chi connectivity index (χ0v) is 21.2. The van der Waals surface area contributed by atoms with E-state index >= 15 is 0 Å². The monoisotopic (exact) mass is 522 g/mol. The van der Waals surface area contributed by atoms with Crippen molar-refractivity contribution in [3.8, 4) is 5.69 Å². The molecule has 5 rings (SSSR count). The Kier molecular flexibility index (Phi) is 6.32. The number of carbonyl (C=O) groups excluding carboxylic acids is 1. The van der Waals surface area contributed by atoms with Crippen LogP contribution in [0.15, 0.2) is 70.6 Å². The molecule has 0 radical (unpaired) electrons. The first-order valence-electron chi connectivity index (χ1n) is 10.8. The minimum absolute atomic E-state index is 0.0470. The summed E-state index contributed by atoms with van der Waals surface area (Å²) in [6, 6.07) is 18.5. The van der Waals surface area contributed by atoms with Crippen LogP contribution in [0, 0.1) is 13.8 Å². The van der Waals surface area contributed by atoms with Gasteiger partial charge in [0.2, 0.25) is 5.91 Å². The highest BCUT2D eigenvalue weighted by Gasteiger charge is 2.19. The van der Waals surface area contributed by atoms with Crippen LogP contribution in [-0.2, 0) is 4.79 Å². The Morgan fingerprint density at radius 3 is 2.66 bits per heavy atom. The number of carbonyl (C=O) groups is 1. The summed E-state index contributed by atoms with van der Waals surface area (Å²) in [5.41, 5.74) is 4.84. The molecule has 176 valence electrons. The summed E-state index contributed by atoms with van der Waals surface area (Å²) in [4.78, 5) is 34.5. The number of anilines is 1. The predicted molar refractivity (Wildman–Crippen MR) is 144 cm³/mol. The Balaban J connectivity index is 1.57. The third-order valence-corrected chi connectivity index (χ3v) is 7.31. The maximum Gasteiger partial charge on any atom is 0.283 e. The number of aromatic nitrogens is 3. The minimum Gasteiger partial charge on any atom is -0.349 e. The van der Waals surface area contributed by atoms with Crippen molar-refractivity contribution in [1.82, 2.24) is 14.5 Å². The van der Waals surface area contributed by atoms with Crippen LogP contribution in [0.4, 0.5) is 5.69 Å². The number of para-hydroxylation sites is 1. The molecule has 0 aliphatic heterocycles. The number of hydrogen-bond donors (Lipinski definition) is 2. The molecule has 0 aliphatic carbocycles. The topological polar surface area (TPSA) is 79.8 Å². The third kappa shape index (κ3) is 4.55. The number of amides is 1. The van der Waals surface area contributed by atoms with Gasteiger partial charge in [-0.05, 0) is 55.3 Å². The van der Waals surface area contributed by atoms with E-state index in [1.54, 1.807) is 22.8 Å². The van der Waals surface area contributed by atoms with E-state index in [1.807, 2.05) is 56.3 Å². The number of fused-ring (bicyclic) bond motifs is 3. The first-order chi connectivity index (χ1) is 16.8. The van der Waals surface area contributed by atoms with Gasteiger partial charge in [0.25, 0.3) is 5.56 Å². The molecule has 1 amide bonds. The normalized spacial score (nSPS) is 11.3. The second kappa shape index (κ2) is 9.41. The predicted octanol–water partition coefficient (Wildman–Crippen LogP) is 6.52.